The highest BCUT2D eigenvalue weighted by Gasteiger charge is 2.55. The van der Waals surface area contributed by atoms with E-state index in [4.69, 9.17) is 29.2 Å². The van der Waals surface area contributed by atoms with Crippen LogP contribution in [0, 0.1) is 0 Å². The van der Waals surface area contributed by atoms with Crippen molar-refractivity contribution in [3.63, 3.8) is 0 Å². The van der Waals surface area contributed by atoms with Crippen LogP contribution in [0.4, 0.5) is 4.79 Å². The lowest BCUT2D eigenvalue weighted by molar-refractivity contribution is -0.182. The van der Waals surface area contributed by atoms with Gasteiger partial charge in [-0.05, 0) is 12.1 Å². The number of furan rings is 1. The van der Waals surface area contributed by atoms with Gasteiger partial charge in [-0.15, -0.1) is 11.8 Å². The van der Waals surface area contributed by atoms with Crippen molar-refractivity contribution >= 4 is 47.3 Å². The molecule has 0 aliphatic carbocycles. The van der Waals surface area contributed by atoms with E-state index in [-0.39, 0.29) is 35.1 Å². The van der Waals surface area contributed by atoms with E-state index in [1.165, 1.54) is 38.1 Å². The SMILES string of the molecule is CON=C(C(=O)N[C@H]1C(=O)N2C(C(=O)O[C@H](C)OC(C)=O)=C(COC(N)=O)CS[C@@H]12)c1ccco1. The third-order valence-electron chi connectivity index (χ3n) is 4.67. The lowest BCUT2D eigenvalue weighted by Crippen LogP contribution is -2.71. The van der Waals surface area contributed by atoms with E-state index in [2.05, 4.69) is 10.5 Å². The normalized spacial score (nSPS) is 20.3. The van der Waals surface area contributed by atoms with Gasteiger partial charge in [-0.1, -0.05) is 5.16 Å². The van der Waals surface area contributed by atoms with Gasteiger partial charge in [-0.25, -0.2) is 9.59 Å². The van der Waals surface area contributed by atoms with Gasteiger partial charge in [0.25, 0.3) is 11.8 Å². The Bertz CT molecular complexity index is 1080. The fourth-order valence-electron chi connectivity index (χ4n) is 3.32. The molecule has 2 aliphatic rings. The quantitative estimate of drug-likeness (QED) is 0.147. The Labute approximate surface area is 202 Å². The summed E-state index contributed by atoms with van der Waals surface area (Å²) in [7, 11) is 1.25. The van der Waals surface area contributed by atoms with E-state index < -0.39 is 47.6 Å². The Balaban J connectivity index is 1.80. The standard InChI is InChI=1S/C20H22N4O10S/c1-9(25)33-10(2)34-19(28)15-11(7-32-20(21)29)8-35-18-14(17(27)24(15)18)22-16(26)13(23-30-3)12-5-4-6-31-12/h4-6,10,14,18H,7-8H2,1-3H3,(H2,21,29)(H,22,26)/t10-,14+,18+/m1/s1. The van der Waals surface area contributed by atoms with E-state index in [0.717, 1.165) is 11.8 Å². The first-order valence-electron chi connectivity index (χ1n) is 10.1. The fraction of sp³-hybridized carbons (Fsp3) is 0.400. The summed E-state index contributed by atoms with van der Waals surface area (Å²) < 4.78 is 19.9. The van der Waals surface area contributed by atoms with Crippen LogP contribution in [0.3, 0.4) is 0 Å². The Kier molecular flexibility index (Phi) is 8.01. The van der Waals surface area contributed by atoms with Crippen molar-refractivity contribution in [2.45, 2.75) is 31.6 Å². The van der Waals surface area contributed by atoms with Crippen LogP contribution in [0.25, 0.3) is 0 Å². The number of nitrogens with one attached hydrogen (secondary N) is 1. The van der Waals surface area contributed by atoms with Crippen LogP contribution < -0.4 is 11.1 Å². The average molecular weight is 510 g/mol. The number of amides is 3. The minimum absolute atomic E-state index is 0.124. The van der Waals surface area contributed by atoms with Gasteiger partial charge < -0.3 is 34.5 Å². The number of thioether (sulfide) groups is 1. The number of fused-ring (bicyclic) bond motifs is 1. The zero-order chi connectivity index (χ0) is 25.7. The summed E-state index contributed by atoms with van der Waals surface area (Å²) in [5.74, 6) is -2.75. The number of oxime groups is 1. The Morgan fingerprint density at radius 1 is 1.34 bits per heavy atom. The highest BCUT2D eigenvalue weighted by molar-refractivity contribution is 8.00. The van der Waals surface area contributed by atoms with Crippen LogP contribution in [-0.4, -0.2) is 77.6 Å². The number of β-lactam (4-membered cyclic amide) rings is 1. The Hall–Kier alpha value is -4.01. The molecule has 1 aromatic rings. The maximum absolute atomic E-state index is 13.0. The molecule has 3 rings (SSSR count). The van der Waals surface area contributed by atoms with Crippen molar-refractivity contribution < 1.29 is 47.4 Å². The van der Waals surface area contributed by atoms with Gasteiger partial charge in [-0.3, -0.25) is 19.3 Å². The number of ether oxygens (including phenoxy) is 3. The average Bonchev–Trinajstić information content (AvgIpc) is 3.32. The topological polar surface area (TPSA) is 189 Å². The molecule has 3 amide bonds. The molecule has 1 aromatic heterocycles. The summed E-state index contributed by atoms with van der Waals surface area (Å²) in [5, 5.41) is 5.53. The van der Waals surface area contributed by atoms with Crippen LogP contribution >= 0.6 is 11.8 Å². The molecule has 1 saturated heterocycles. The van der Waals surface area contributed by atoms with Crippen LogP contribution in [0.5, 0.6) is 0 Å². The second kappa shape index (κ2) is 10.9. The summed E-state index contributed by atoms with van der Waals surface area (Å²) >= 11 is 1.21. The maximum atomic E-state index is 13.0. The number of hydrogen-bond acceptors (Lipinski definition) is 12. The van der Waals surface area contributed by atoms with Crippen LogP contribution in [0.15, 0.2) is 39.2 Å². The predicted molar refractivity (Wildman–Crippen MR) is 117 cm³/mol. The molecule has 15 heteroatoms. The van der Waals surface area contributed by atoms with E-state index in [1.54, 1.807) is 6.07 Å². The molecule has 3 N–H and O–H groups in total. The van der Waals surface area contributed by atoms with Gasteiger partial charge in [0.15, 0.2) is 5.76 Å². The second-order valence-corrected chi connectivity index (χ2v) is 8.21. The highest BCUT2D eigenvalue weighted by atomic mass is 32.2. The zero-order valence-corrected chi connectivity index (χ0v) is 19.7. The van der Waals surface area contributed by atoms with Gasteiger partial charge in [-0.2, -0.15) is 0 Å². The highest BCUT2D eigenvalue weighted by Crippen LogP contribution is 2.41. The molecule has 0 aromatic carbocycles. The number of carbonyl (C=O) groups is 5. The molecule has 3 atom stereocenters. The summed E-state index contributed by atoms with van der Waals surface area (Å²) in [4.78, 5) is 66.7. The molecule has 0 saturated carbocycles. The molecular weight excluding hydrogens is 488 g/mol. The number of esters is 2. The van der Waals surface area contributed by atoms with Crippen LogP contribution in [0.2, 0.25) is 0 Å². The third-order valence-corrected chi connectivity index (χ3v) is 6.01. The molecule has 0 unspecified atom stereocenters. The van der Waals surface area contributed by atoms with Crippen molar-refractivity contribution in [1.29, 1.82) is 0 Å². The first kappa shape index (κ1) is 25.6. The van der Waals surface area contributed by atoms with Gasteiger partial charge in [0.05, 0.1) is 6.26 Å². The maximum Gasteiger partial charge on any atom is 0.404 e. The molecule has 2 aliphatic heterocycles. The first-order valence-corrected chi connectivity index (χ1v) is 11.1. The van der Waals surface area contributed by atoms with Gasteiger partial charge in [0.2, 0.25) is 12.0 Å². The Morgan fingerprint density at radius 3 is 2.69 bits per heavy atom. The van der Waals surface area contributed by atoms with Crippen molar-refractivity contribution in [2.75, 3.05) is 19.5 Å². The molecule has 14 nitrogen and oxygen atoms in total. The minimum Gasteiger partial charge on any atom is -0.462 e. The number of hydrogen-bond donors (Lipinski definition) is 2. The predicted octanol–water partition coefficient (Wildman–Crippen LogP) is -0.168. The number of nitrogens with two attached hydrogens (primary N) is 1. The van der Waals surface area contributed by atoms with Crippen LogP contribution in [-0.2, 0) is 38.2 Å². The van der Waals surface area contributed by atoms with Crippen molar-refractivity contribution in [2.24, 2.45) is 10.9 Å². The lowest BCUT2D eigenvalue weighted by Gasteiger charge is -2.49. The second-order valence-electron chi connectivity index (χ2n) is 7.10. The molecule has 0 radical (unpaired) electrons. The van der Waals surface area contributed by atoms with Gasteiger partial charge in [0, 0.05) is 25.2 Å². The van der Waals surface area contributed by atoms with E-state index in [1.807, 2.05) is 0 Å². The smallest absolute Gasteiger partial charge is 0.404 e. The molecule has 35 heavy (non-hydrogen) atoms. The molecule has 1 fully saturated rings. The lowest BCUT2D eigenvalue weighted by atomic mass is 10.0. The first-order chi connectivity index (χ1) is 16.6. The molecule has 188 valence electrons. The Morgan fingerprint density at radius 2 is 2.09 bits per heavy atom. The summed E-state index contributed by atoms with van der Waals surface area (Å²) in [5.41, 5.74) is 4.89. The minimum atomic E-state index is -1.24. The fourth-order valence-corrected chi connectivity index (χ4v) is 4.65. The van der Waals surface area contributed by atoms with Gasteiger partial charge >= 0.3 is 18.0 Å². The van der Waals surface area contributed by atoms with Crippen molar-refractivity contribution in [3.05, 3.63) is 35.4 Å². The van der Waals surface area contributed by atoms with Crippen molar-refractivity contribution in [3.8, 4) is 0 Å². The molecule has 3 heterocycles. The van der Waals surface area contributed by atoms with Crippen molar-refractivity contribution in [1.82, 2.24) is 10.2 Å². The van der Waals surface area contributed by atoms with E-state index >= 15 is 0 Å². The zero-order valence-electron chi connectivity index (χ0n) is 18.8. The summed E-state index contributed by atoms with van der Waals surface area (Å²) in [6.07, 6.45) is -0.976. The summed E-state index contributed by atoms with van der Waals surface area (Å²) in [6.45, 7) is 2.09. The van der Waals surface area contributed by atoms with E-state index in [0.29, 0.717) is 0 Å². The summed E-state index contributed by atoms with van der Waals surface area (Å²) in [6, 6.07) is 2.03. The number of rotatable bonds is 9. The van der Waals surface area contributed by atoms with E-state index in [9.17, 15) is 24.0 Å². The molecule has 0 spiro atoms. The number of carbonyl (C=O) groups excluding carboxylic acids is 5. The largest absolute Gasteiger partial charge is 0.462 e. The van der Waals surface area contributed by atoms with Gasteiger partial charge in [0.1, 0.15) is 30.8 Å². The number of nitrogens with zero attached hydrogens (tertiary/aromatic N) is 2. The molecule has 0 bridgehead atoms. The number of primary amides is 1. The third kappa shape index (κ3) is 5.74. The van der Waals surface area contributed by atoms with Crippen LogP contribution in [0.1, 0.15) is 19.6 Å². The monoisotopic (exact) mass is 510 g/mol. The molecular formula is C20H22N4O10S.